The molecule has 1 aliphatic heterocycles. The monoisotopic (exact) mass is 376 g/mol. The summed E-state index contributed by atoms with van der Waals surface area (Å²) in [6, 6.07) is 27.2. The zero-order chi connectivity index (χ0) is 19.3. The van der Waals surface area contributed by atoms with Crippen molar-refractivity contribution in [3.05, 3.63) is 102 Å². The molecule has 1 heterocycles. The summed E-state index contributed by atoms with van der Waals surface area (Å²) in [5, 5.41) is 10.8. The van der Waals surface area contributed by atoms with Gasteiger partial charge < -0.3 is 10.0 Å². The fourth-order valence-electron chi connectivity index (χ4n) is 3.92. The first-order valence-corrected chi connectivity index (χ1v) is 9.69. The molecular formula is C24H25FN2O. The van der Waals surface area contributed by atoms with E-state index in [1.54, 1.807) is 12.1 Å². The summed E-state index contributed by atoms with van der Waals surface area (Å²) >= 11 is 0. The summed E-state index contributed by atoms with van der Waals surface area (Å²) < 4.78 is 13.3. The van der Waals surface area contributed by atoms with E-state index in [0.29, 0.717) is 13.1 Å². The number of hydrogen-bond acceptors (Lipinski definition) is 3. The molecule has 0 saturated carbocycles. The summed E-state index contributed by atoms with van der Waals surface area (Å²) in [4.78, 5) is 4.48. The van der Waals surface area contributed by atoms with Crippen molar-refractivity contribution in [2.24, 2.45) is 0 Å². The largest absolute Gasteiger partial charge is 0.390 e. The molecule has 2 atom stereocenters. The third-order valence-corrected chi connectivity index (χ3v) is 5.38. The minimum Gasteiger partial charge on any atom is -0.390 e. The van der Waals surface area contributed by atoms with Crippen LogP contribution in [0.4, 0.5) is 10.1 Å². The van der Waals surface area contributed by atoms with Gasteiger partial charge in [0.25, 0.3) is 0 Å². The fraction of sp³-hybridized carbons (Fsp3) is 0.250. The van der Waals surface area contributed by atoms with Crippen molar-refractivity contribution in [2.75, 3.05) is 18.0 Å². The Morgan fingerprint density at radius 1 is 0.786 bits per heavy atom. The summed E-state index contributed by atoms with van der Waals surface area (Å²) in [5.74, 6) is -0.241. The van der Waals surface area contributed by atoms with Gasteiger partial charge in [0.15, 0.2) is 0 Å². The Morgan fingerprint density at radius 2 is 1.32 bits per heavy atom. The molecular weight excluding hydrogens is 351 g/mol. The van der Waals surface area contributed by atoms with E-state index in [1.807, 2.05) is 36.4 Å². The van der Waals surface area contributed by atoms with Gasteiger partial charge in [-0.1, -0.05) is 60.7 Å². The lowest BCUT2D eigenvalue weighted by Gasteiger charge is -2.31. The van der Waals surface area contributed by atoms with Crippen molar-refractivity contribution >= 4 is 5.69 Å². The zero-order valence-electron chi connectivity index (χ0n) is 15.8. The predicted octanol–water partition coefficient (Wildman–Crippen LogP) is 4.08. The molecule has 1 N–H and O–H groups in total. The second-order valence-corrected chi connectivity index (χ2v) is 7.39. The number of halogens is 1. The molecule has 4 rings (SSSR count). The number of hydrogen-bond donors (Lipinski definition) is 1. The van der Waals surface area contributed by atoms with Gasteiger partial charge >= 0.3 is 0 Å². The van der Waals surface area contributed by atoms with Crippen molar-refractivity contribution in [3.63, 3.8) is 0 Å². The zero-order valence-corrected chi connectivity index (χ0v) is 15.8. The van der Waals surface area contributed by atoms with Crippen LogP contribution >= 0.6 is 0 Å². The predicted molar refractivity (Wildman–Crippen MR) is 111 cm³/mol. The minimum atomic E-state index is -0.461. The average Bonchev–Trinajstić information content (AvgIpc) is 3.11. The molecule has 0 spiro atoms. The van der Waals surface area contributed by atoms with E-state index in [-0.39, 0.29) is 11.9 Å². The normalized spacial score (nSPS) is 19.3. The molecule has 0 amide bonds. The van der Waals surface area contributed by atoms with Gasteiger partial charge in [-0.05, 0) is 35.4 Å². The molecule has 144 valence electrons. The third-order valence-electron chi connectivity index (χ3n) is 5.38. The van der Waals surface area contributed by atoms with E-state index < -0.39 is 6.10 Å². The highest BCUT2D eigenvalue weighted by atomic mass is 19.1. The van der Waals surface area contributed by atoms with Gasteiger partial charge in [-0.25, -0.2) is 4.39 Å². The van der Waals surface area contributed by atoms with E-state index in [1.165, 1.54) is 23.3 Å². The van der Waals surface area contributed by atoms with Crippen LogP contribution < -0.4 is 4.90 Å². The summed E-state index contributed by atoms with van der Waals surface area (Å²) in [7, 11) is 0. The van der Waals surface area contributed by atoms with Crippen molar-refractivity contribution in [1.82, 2.24) is 4.90 Å². The molecule has 0 unspecified atom stereocenters. The summed E-state index contributed by atoms with van der Waals surface area (Å²) in [6.45, 7) is 2.81. The van der Waals surface area contributed by atoms with E-state index in [2.05, 4.69) is 34.1 Å². The minimum absolute atomic E-state index is 0.00506. The smallest absolute Gasteiger partial charge is 0.123 e. The number of β-amino-alcohol motifs (C(OH)–C–C–N with tert-alkyl or cyclic N) is 1. The van der Waals surface area contributed by atoms with Crippen LogP contribution in [0.25, 0.3) is 0 Å². The molecule has 0 bridgehead atoms. The third kappa shape index (κ3) is 4.41. The Kier molecular flexibility index (Phi) is 5.70. The van der Waals surface area contributed by atoms with Crippen molar-refractivity contribution in [1.29, 1.82) is 0 Å². The van der Waals surface area contributed by atoms with Crippen LogP contribution in [-0.4, -0.2) is 35.2 Å². The molecule has 4 heteroatoms. The van der Waals surface area contributed by atoms with Gasteiger partial charge in [0.1, 0.15) is 5.82 Å². The molecule has 3 aromatic rings. The number of benzene rings is 3. The standard InChI is InChI=1S/C24H25FN2O/c25-21-11-13-22(14-12-21)26-17-23(24(28)18-26)27(15-19-7-3-1-4-8-19)16-20-9-5-2-6-10-20/h1-14,23-24,28H,15-18H2/t23-,24-/m1/s1. The first-order chi connectivity index (χ1) is 13.7. The van der Waals surface area contributed by atoms with Crippen molar-refractivity contribution in [3.8, 4) is 0 Å². The maximum absolute atomic E-state index is 13.3. The SMILES string of the molecule is O[C@@H]1CN(c2ccc(F)cc2)C[C@H]1N(Cc1ccccc1)Cc1ccccc1. The van der Waals surface area contributed by atoms with Gasteiger partial charge in [0.2, 0.25) is 0 Å². The molecule has 0 aromatic heterocycles. The quantitative estimate of drug-likeness (QED) is 0.702. The van der Waals surface area contributed by atoms with Crippen molar-refractivity contribution in [2.45, 2.75) is 25.2 Å². The molecule has 1 saturated heterocycles. The number of anilines is 1. The van der Waals surface area contributed by atoms with Gasteiger partial charge in [0.05, 0.1) is 12.1 Å². The second-order valence-electron chi connectivity index (χ2n) is 7.39. The fourth-order valence-corrected chi connectivity index (χ4v) is 3.92. The highest BCUT2D eigenvalue weighted by Gasteiger charge is 2.35. The highest BCUT2D eigenvalue weighted by molar-refractivity contribution is 5.48. The van der Waals surface area contributed by atoms with Gasteiger partial charge in [-0.2, -0.15) is 0 Å². The summed E-state index contributed by atoms with van der Waals surface area (Å²) in [5.41, 5.74) is 3.40. The average molecular weight is 376 g/mol. The molecule has 28 heavy (non-hydrogen) atoms. The number of rotatable bonds is 6. The van der Waals surface area contributed by atoms with Crippen molar-refractivity contribution < 1.29 is 9.50 Å². The Bertz CT molecular complexity index is 829. The Morgan fingerprint density at radius 3 is 1.86 bits per heavy atom. The number of aliphatic hydroxyl groups is 1. The summed E-state index contributed by atoms with van der Waals surface area (Å²) in [6.07, 6.45) is -0.461. The molecule has 0 radical (unpaired) electrons. The van der Waals surface area contributed by atoms with Gasteiger partial charge in [-0.3, -0.25) is 4.90 Å². The van der Waals surface area contributed by atoms with E-state index in [4.69, 9.17) is 0 Å². The molecule has 3 nitrogen and oxygen atoms in total. The maximum Gasteiger partial charge on any atom is 0.123 e. The van der Waals surface area contributed by atoms with Crippen LogP contribution in [0, 0.1) is 5.82 Å². The topological polar surface area (TPSA) is 26.7 Å². The number of nitrogens with zero attached hydrogens (tertiary/aromatic N) is 2. The highest BCUT2D eigenvalue weighted by Crippen LogP contribution is 2.26. The van der Waals surface area contributed by atoms with Crippen LogP contribution in [-0.2, 0) is 13.1 Å². The van der Waals surface area contributed by atoms with Crippen LogP contribution in [0.1, 0.15) is 11.1 Å². The number of aliphatic hydroxyl groups excluding tert-OH is 1. The van der Waals surface area contributed by atoms with Crippen LogP contribution in [0.5, 0.6) is 0 Å². The van der Waals surface area contributed by atoms with Gasteiger partial charge in [-0.15, -0.1) is 0 Å². The lowest BCUT2D eigenvalue weighted by atomic mass is 10.1. The Hall–Kier alpha value is -2.69. The molecule has 3 aromatic carbocycles. The van der Waals surface area contributed by atoms with E-state index in [0.717, 1.165) is 18.8 Å². The molecule has 0 aliphatic carbocycles. The molecule has 1 fully saturated rings. The van der Waals surface area contributed by atoms with E-state index in [9.17, 15) is 9.50 Å². The van der Waals surface area contributed by atoms with Crippen LogP contribution in [0.15, 0.2) is 84.9 Å². The lowest BCUT2D eigenvalue weighted by Crippen LogP contribution is -2.42. The maximum atomic E-state index is 13.3. The first kappa shape index (κ1) is 18.7. The van der Waals surface area contributed by atoms with Gasteiger partial charge in [0, 0.05) is 31.9 Å². The van der Waals surface area contributed by atoms with Crippen LogP contribution in [0.2, 0.25) is 0 Å². The Balaban J connectivity index is 1.55. The van der Waals surface area contributed by atoms with E-state index >= 15 is 0 Å². The Labute approximate surface area is 165 Å². The first-order valence-electron chi connectivity index (χ1n) is 9.69. The van der Waals surface area contributed by atoms with Crippen LogP contribution in [0.3, 0.4) is 0 Å². The molecule has 1 aliphatic rings. The lowest BCUT2D eigenvalue weighted by molar-refractivity contribution is 0.0731. The second kappa shape index (κ2) is 8.55.